The number of halogens is 1. The Bertz CT molecular complexity index is 612. The Hall–Kier alpha value is -1.16. The molecule has 1 aromatic carbocycles. The third-order valence-corrected chi connectivity index (χ3v) is 5.54. The maximum atomic E-state index is 12.3. The van der Waals surface area contributed by atoms with Gasteiger partial charge in [0.1, 0.15) is 0 Å². The SMILES string of the molecule is CCNC(=NCCS(=O)c1ccccc1)N1CCCC(CC(N)=O)C1.I. The van der Waals surface area contributed by atoms with Crippen LogP contribution in [0.15, 0.2) is 40.2 Å². The van der Waals surface area contributed by atoms with Gasteiger partial charge in [-0.1, -0.05) is 18.2 Å². The number of primary amides is 1. The van der Waals surface area contributed by atoms with Crippen molar-refractivity contribution >= 4 is 46.6 Å². The van der Waals surface area contributed by atoms with Crippen molar-refractivity contribution < 1.29 is 9.00 Å². The van der Waals surface area contributed by atoms with Gasteiger partial charge in [-0.25, -0.2) is 0 Å². The van der Waals surface area contributed by atoms with E-state index in [2.05, 4.69) is 15.2 Å². The summed E-state index contributed by atoms with van der Waals surface area (Å²) in [5.74, 6) is 1.37. The summed E-state index contributed by atoms with van der Waals surface area (Å²) in [5.41, 5.74) is 5.34. The predicted molar refractivity (Wildman–Crippen MR) is 117 cm³/mol. The second-order valence-electron chi connectivity index (χ2n) is 6.22. The van der Waals surface area contributed by atoms with E-state index < -0.39 is 10.8 Å². The van der Waals surface area contributed by atoms with E-state index in [1.807, 2.05) is 37.3 Å². The van der Waals surface area contributed by atoms with Crippen molar-refractivity contribution in [3.05, 3.63) is 30.3 Å². The zero-order valence-electron chi connectivity index (χ0n) is 15.2. The average molecular weight is 492 g/mol. The van der Waals surface area contributed by atoms with Crippen LogP contribution in [0.2, 0.25) is 0 Å². The molecule has 2 unspecified atom stereocenters. The Morgan fingerprint density at radius 1 is 1.38 bits per heavy atom. The average Bonchev–Trinajstić information content (AvgIpc) is 2.61. The number of carbonyl (C=O) groups is 1. The quantitative estimate of drug-likeness (QED) is 0.346. The van der Waals surface area contributed by atoms with Gasteiger partial charge < -0.3 is 16.0 Å². The monoisotopic (exact) mass is 492 g/mol. The predicted octanol–water partition coefficient (Wildman–Crippen LogP) is 1.97. The number of nitrogens with one attached hydrogen (secondary N) is 1. The number of carbonyl (C=O) groups excluding carboxylic acids is 1. The first-order valence-electron chi connectivity index (χ1n) is 8.85. The lowest BCUT2D eigenvalue weighted by atomic mass is 9.95. The number of likely N-dealkylation sites (tertiary alicyclic amines) is 1. The molecule has 1 saturated heterocycles. The maximum absolute atomic E-state index is 12.3. The lowest BCUT2D eigenvalue weighted by molar-refractivity contribution is -0.119. The van der Waals surface area contributed by atoms with E-state index in [0.717, 1.165) is 43.3 Å². The van der Waals surface area contributed by atoms with Crippen LogP contribution in [0.3, 0.4) is 0 Å². The van der Waals surface area contributed by atoms with Crippen molar-refractivity contribution in [2.24, 2.45) is 16.6 Å². The highest BCUT2D eigenvalue weighted by Crippen LogP contribution is 2.19. The molecule has 0 radical (unpaired) electrons. The molecule has 0 bridgehead atoms. The lowest BCUT2D eigenvalue weighted by Gasteiger charge is -2.34. The molecule has 1 aromatic rings. The molecule has 1 aliphatic heterocycles. The standard InChI is InChI=1S/C18H28N4O2S.HI/c1-2-20-18(22-11-6-7-15(14-22)13-17(19)23)21-10-12-25(24)16-8-4-3-5-9-16;/h3-5,8-9,15H,2,6-7,10-14H2,1H3,(H2,19,23)(H,20,21);1H. The van der Waals surface area contributed by atoms with Gasteiger partial charge in [0.25, 0.3) is 0 Å². The smallest absolute Gasteiger partial charge is 0.217 e. The number of hydrogen-bond acceptors (Lipinski definition) is 3. The Balaban J connectivity index is 0.00000338. The summed E-state index contributed by atoms with van der Waals surface area (Å²) in [7, 11) is -1.04. The van der Waals surface area contributed by atoms with E-state index in [1.54, 1.807) is 0 Å². The minimum Gasteiger partial charge on any atom is -0.370 e. The van der Waals surface area contributed by atoms with Crippen molar-refractivity contribution in [3.8, 4) is 0 Å². The molecule has 1 heterocycles. The first-order valence-corrected chi connectivity index (χ1v) is 10.2. The summed E-state index contributed by atoms with van der Waals surface area (Å²) in [6.45, 7) is 5.01. The third-order valence-electron chi connectivity index (χ3n) is 4.19. The second-order valence-corrected chi connectivity index (χ2v) is 7.79. The number of hydrogen-bond donors (Lipinski definition) is 2. The molecule has 2 rings (SSSR count). The minimum absolute atomic E-state index is 0. The van der Waals surface area contributed by atoms with E-state index in [-0.39, 0.29) is 35.8 Å². The van der Waals surface area contributed by atoms with E-state index >= 15 is 0 Å². The van der Waals surface area contributed by atoms with Crippen LogP contribution in [-0.2, 0) is 15.6 Å². The number of nitrogens with two attached hydrogens (primary N) is 1. The molecule has 26 heavy (non-hydrogen) atoms. The zero-order valence-corrected chi connectivity index (χ0v) is 18.4. The minimum atomic E-state index is -1.04. The van der Waals surface area contributed by atoms with Gasteiger partial charge in [-0.15, -0.1) is 24.0 Å². The summed E-state index contributed by atoms with van der Waals surface area (Å²) >= 11 is 0. The number of benzene rings is 1. The molecule has 8 heteroatoms. The van der Waals surface area contributed by atoms with Gasteiger partial charge >= 0.3 is 0 Å². The van der Waals surface area contributed by atoms with E-state index in [0.29, 0.717) is 18.7 Å². The van der Waals surface area contributed by atoms with Crippen LogP contribution >= 0.6 is 24.0 Å². The van der Waals surface area contributed by atoms with Crippen LogP contribution < -0.4 is 11.1 Å². The van der Waals surface area contributed by atoms with Crippen LogP contribution in [0, 0.1) is 5.92 Å². The van der Waals surface area contributed by atoms with Crippen LogP contribution in [0.4, 0.5) is 0 Å². The van der Waals surface area contributed by atoms with Gasteiger partial charge in [-0.2, -0.15) is 0 Å². The topological polar surface area (TPSA) is 87.8 Å². The highest BCUT2D eigenvalue weighted by atomic mass is 127. The van der Waals surface area contributed by atoms with Crippen LogP contribution in [0.25, 0.3) is 0 Å². The van der Waals surface area contributed by atoms with Gasteiger partial charge in [0.15, 0.2) is 5.96 Å². The molecule has 1 amide bonds. The van der Waals surface area contributed by atoms with Gasteiger partial charge in [0, 0.05) is 36.7 Å². The van der Waals surface area contributed by atoms with Crippen LogP contribution in [0.5, 0.6) is 0 Å². The largest absolute Gasteiger partial charge is 0.370 e. The number of aliphatic imine (C=N–C) groups is 1. The summed E-state index contributed by atoms with van der Waals surface area (Å²) in [6, 6.07) is 9.47. The van der Waals surface area contributed by atoms with Gasteiger partial charge in [0.2, 0.25) is 5.91 Å². The second kappa shape index (κ2) is 12.3. The summed E-state index contributed by atoms with van der Waals surface area (Å²) in [6.07, 6.45) is 2.48. The highest BCUT2D eigenvalue weighted by molar-refractivity contribution is 14.0. The molecular weight excluding hydrogens is 463 g/mol. The van der Waals surface area contributed by atoms with Crippen molar-refractivity contribution in [3.63, 3.8) is 0 Å². The fourth-order valence-corrected chi connectivity index (χ4v) is 4.01. The number of guanidine groups is 1. The Morgan fingerprint density at radius 3 is 2.77 bits per heavy atom. The van der Waals surface area contributed by atoms with Gasteiger partial charge in [-0.05, 0) is 37.8 Å². The Kier molecular flexibility index (Phi) is 10.8. The molecule has 0 aliphatic carbocycles. The van der Waals surface area contributed by atoms with E-state index in [1.165, 1.54) is 0 Å². The maximum Gasteiger partial charge on any atom is 0.217 e. The zero-order chi connectivity index (χ0) is 18.1. The number of piperidine rings is 1. The van der Waals surface area contributed by atoms with Crippen LogP contribution in [-0.4, -0.2) is 52.9 Å². The molecule has 6 nitrogen and oxygen atoms in total. The summed E-state index contributed by atoms with van der Waals surface area (Å²) in [5, 5.41) is 3.30. The summed E-state index contributed by atoms with van der Waals surface area (Å²) < 4.78 is 12.3. The first-order chi connectivity index (χ1) is 12.1. The van der Waals surface area contributed by atoms with Crippen molar-refractivity contribution in [1.29, 1.82) is 0 Å². The molecule has 0 saturated carbocycles. The molecule has 0 aromatic heterocycles. The molecular formula is C18H29IN4O2S. The van der Waals surface area contributed by atoms with Crippen molar-refractivity contribution in [1.82, 2.24) is 10.2 Å². The molecule has 2 atom stereocenters. The molecule has 3 N–H and O–H groups in total. The normalized spacial score (nSPS) is 18.7. The fraction of sp³-hybridized carbons (Fsp3) is 0.556. The van der Waals surface area contributed by atoms with Crippen molar-refractivity contribution in [2.75, 3.05) is 31.9 Å². The lowest BCUT2D eigenvalue weighted by Crippen LogP contribution is -2.47. The number of nitrogens with zero attached hydrogens (tertiary/aromatic N) is 2. The summed E-state index contributed by atoms with van der Waals surface area (Å²) in [4.78, 5) is 18.8. The van der Waals surface area contributed by atoms with Gasteiger partial charge in [0.05, 0.1) is 17.3 Å². The number of amides is 1. The Morgan fingerprint density at radius 2 is 2.12 bits per heavy atom. The van der Waals surface area contributed by atoms with E-state index in [4.69, 9.17) is 5.73 Å². The highest BCUT2D eigenvalue weighted by Gasteiger charge is 2.23. The fourth-order valence-electron chi connectivity index (χ4n) is 3.06. The van der Waals surface area contributed by atoms with Crippen LogP contribution in [0.1, 0.15) is 26.2 Å². The third kappa shape index (κ3) is 7.61. The van der Waals surface area contributed by atoms with E-state index in [9.17, 15) is 9.00 Å². The molecule has 0 spiro atoms. The molecule has 1 fully saturated rings. The van der Waals surface area contributed by atoms with Crippen molar-refractivity contribution in [2.45, 2.75) is 31.1 Å². The number of rotatable bonds is 7. The Labute approximate surface area is 175 Å². The molecule has 146 valence electrons. The van der Waals surface area contributed by atoms with Gasteiger partial charge in [-0.3, -0.25) is 14.0 Å². The first kappa shape index (κ1) is 22.9. The molecule has 1 aliphatic rings.